The number of carbonyl (C=O) groups excluding carboxylic acids is 1. The highest BCUT2D eigenvalue weighted by molar-refractivity contribution is 5.99. The number of carbonyl (C=O) groups is 1. The van der Waals surface area contributed by atoms with Gasteiger partial charge < -0.3 is 4.57 Å². The van der Waals surface area contributed by atoms with Crippen LogP contribution in [0.3, 0.4) is 0 Å². The van der Waals surface area contributed by atoms with Crippen LogP contribution in [0.5, 0.6) is 0 Å². The number of piperazine rings is 1. The minimum atomic E-state index is 0.225. The van der Waals surface area contributed by atoms with Crippen molar-refractivity contribution in [2.24, 2.45) is 0 Å². The van der Waals surface area contributed by atoms with Gasteiger partial charge in [0, 0.05) is 56.2 Å². The Balaban J connectivity index is 1.52. The fourth-order valence-electron chi connectivity index (χ4n) is 3.91. The molecular formula is C22H28N4O. The molecule has 142 valence electrons. The number of aromatic nitrogens is 1. The number of benzene rings is 1. The second-order valence-electron chi connectivity index (χ2n) is 7.31. The van der Waals surface area contributed by atoms with Gasteiger partial charge >= 0.3 is 0 Å². The van der Waals surface area contributed by atoms with E-state index in [1.165, 1.54) is 5.56 Å². The van der Waals surface area contributed by atoms with Gasteiger partial charge in [0.25, 0.3) is 0 Å². The summed E-state index contributed by atoms with van der Waals surface area (Å²) in [5.74, 6) is 0.225. The Hall–Kier alpha value is -2.42. The summed E-state index contributed by atoms with van der Waals surface area (Å²) in [5.41, 5.74) is 5.04. The average molecular weight is 364 g/mol. The zero-order valence-corrected chi connectivity index (χ0v) is 16.5. The molecule has 0 spiro atoms. The number of Topliss-reactive ketones (excluding diaryl/α,β-unsaturated/α-hetero) is 1. The van der Waals surface area contributed by atoms with Crippen molar-refractivity contribution in [2.75, 3.05) is 32.7 Å². The lowest BCUT2D eigenvalue weighted by atomic mass is 10.1. The van der Waals surface area contributed by atoms with Crippen LogP contribution in [0.2, 0.25) is 0 Å². The molecule has 1 aromatic heterocycles. The van der Waals surface area contributed by atoms with Crippen molar-refractivity contribution >= 4 is 5.78 Å². The number of hydrogen-bond acceptors (Lipinski definition) is 4. The molecule has 0 aliphatic carbocycles. The minimum Gasteiger partial charge on any atom is -0.349 e. The van der Waals surface area contributed by atoms with Crippen LogP contribution < -0.4 is 0 Å². The molecule has 5 heteroatoms. The lowest BCUT2D eigenvalue weighted by Gasteiger charge is -2.34. The van der Waals surface area contributed by atoms with E-state index in [2.05, 4.69) is 34.3 Å². The summed E-state index contributed by atoms with van der Waals surface area (Å²) in [5, 5.41) is 8.89. The molecule has 5 nitrogen and oxygen atoms in total. The maximum Gasteiger partial charge on any atom is 0.178 e. The van der Waals surface area contributed by atoms with Gasteiger partial charge in [-0.1, -0.05) is 12.1 Å². The quantitative estimate of drug-likeness (QED) is 0.740. The maximum absolute atomic E-state index is 12.8. The monoisotopic (exact) mass is 364 g/mol. The molecule has 0 radical (unpaired) electrons. The summed E-state index contributed by atoms with van der Waals surface area (Å²) in [4.78, 5) is 17.4. The Morgan fingerprint density at radius 2 is 1.70 bits per heavy atom. The van der Waals surface area contributed by atoms with Crippen molar-refractivity contribution in [1.29, 1.82) is 5.26 Å². The third-order valence-electron chi connectivity index (χ3n) is 5.51. The molecular weight excluding hydrogens is 336 g/mol. The van der Waals surface area contributed by atoms with Crippen LogP contribution in [0, 0.1) is 25.2 Å². The standard InChI is InChI=1S/C22H28N4O/c1-4-26-17(2)13-21(18(26)3)22(27)16-25-11-9-24(10-12-25)15-20-7-5-19(14-23)6-8-20/h5-8,13H,4,9-12,15-16H2,1-3H3. The van der Waals surface area contributed by atoms with Crippen molar-refractivity contribution < 1.29 is 4.79 Å². The molecule has 27 heavy (non-hydrogen) atoms. The Bertz CT molecular complexity index is 836. The van der Waals surface area contributed by atoms with Gasteiger partial charge in [0.05, 0.1) is 18.2 Å². The van der Waals surface area contributed by atoms with E-state index in [1.54, 1.807) is 0 Å². The SMILES string of the molecule is CCn1c(C)cc(C(=O)CN2CCN(Cc3ccc(C#N)cc3)CC2)c1C. The van der Waals surface area contributed by atoms with Crippen LogP contribution in [0.15, 0.2) is 30.3 Å². The first-order valence-corrected chi connectivity index (χ1v) is 9.65. The maximum atomic E-state index is 12.8. The summed E-state index contributed by atoms with van der Waals surface area (Å²) in [7, 11) is 0. The third-order valence-corrected chi connectivity index (χ3v) is 5.51. The normalized spacial score (nSPS) is 15.6. The van der Waals surface area contributed by atoms with E-state index >= 15 is 0 Å². The number of nitriles is 1. The Labute approximate surface area is 161 Å². The minimum absolute atomic E-state index is 0.225. The molecule has 0 N–H and O–H groups in total. The van der Waals surface area contributed by atoms with Crippen LogP contribution >= 0.6 is 0 Å². The van der Waals surface area contributed by atoms with Gasteiger partial charge in [0.15, 0.2) is 5.78 Å². The van der Waals surface area contributed by atoms with E-state index in [4.69, 9.17) is 5.26 Å². The van der Waals surface area contributed by atoms with Crippen molar-refractivity contribution in [3.8, 4) is 6.07 Å². The molecule has 2 heterocycles. The number of ketones is 1. The molecule has 1 saturated heterocycles. The zero-order valence-electron chi connectivity index (χ0n) is 16.5. The van der Waals surface area contributed by atoms with Gasteiger partial charge in [-0.2, -0.15) is 5.26 Å². The number of rotatable bonds is 6. The Kier molecular flexibility index (Phi) is 6.10. The van der Waals surface area contributed by atoms with Gasteiger partial charge in [0.1, 0.15) is 0 Å². The number of nitrogens with zero attached hydrogens (tertiary/aromatic N) is 4. The summed E-state index contributed by atoms with van der Waals surface area (Å²) in [6.07, 6.45) is 0. The van der Waals surface area contributed by atoms with E-state index in [1.807, 2.05) is 37.3 Å². The highest BCUT2D eigenvalue weighted by Gasteiger charge is 2.22. The highest BCUT2D eigenvalue weighted by atomic mass is 16.1. The summed E-state index contributed by atoms with van der Waals surface area (Å²) in [6, 6.07) is 12.0. The fourth-order valence-corrected chi connectivity index (χ4v) is 3.91. The van der Waals surface area contributed by atoms with Crippen LogP contribution in [-0.4, -0.2) is 52.9 Å². The summed E-state index contributed by atoms with van der Waals surface area (Å²) < 4.78 is 2.20. The second-order valence-corrected chi connectivity index (χ2v) is 7.31. The average Bonchev–Trinajstić information content (AvgIpc) is 2.97. The molecule has 1 fully saturated rings. The molecule has 3 rings (SSSR count). The number of hydrogen-bond donors (Lipinski definition) is 0. The van der Waals surface area contributed by atoms with Crippen molar-refractivity contribution in [3.05, 3.63) is 58.4 Å². The van der Waals surface area contributed by atoms with E-state index < -0.39 is 0 Å². The predicted octanol–water partition coefficient (Wildman–Crippen LogP) is 3.00. The molecule has 0 amide bonds. The fraction of sp³-hybridized carbons (Fsp3) is 0.455. The first-order valence-electron chi connectivity index (χ1n) is 9.65. The lowest BCUT2D eigenvalue weighted by Crippen LogP contribution is -2.47. The number of aryl methyl sites for hydroxylation is 1. The molecule has 0 saturated carbocycles. The van der Waals surface area contributed by atoms with Crippen LogP contribution in [-0.2, 0) is 13.1 Å². The summed E-state index contributed by atoms with van der Waals surface area (Å²) >= 11 is 0. The molecule has 0 bridgehead atoms. The highest BCUT2D eigenvalue weighted by Crippen LogP contribution is 2.17. The van der Waals surface area contributed by atoms with Crippen LogP contribution in [0.4, 0.5) is 0 Å². The predicted molar refractivity (Wildman–Crippen MR) is 107 cm³/mol. The molecule has 0 unspecified atom stereocenters. The van der Waals surface area contributed by atoms with E-state index in [0.717, 1.165) is 56.2 Å². The van der Waals surface area contributed by atoms with Gasteiger partial charge in [-0.15, -0.1) is 0 Å². The Morgan fingerprint density at radius 1 is 1.07 bits per heavy atom. The van der Waals surface area contributed by atoms with Crippen molar-refractivity contribution in [1.82, 2.24) is 14.4 Å². The van der Waals surface area contributed by atoms with Crippen molar-refractivity contribution in [2.45, 2.75) is 33.9 Å². The summed E-state index contributed by atoms with van der Waals surface area (Å²) in [6.45, 7) is 12.3. The largest absolute Gasteiger partial charge is 0.349 e. The van der Waals surface area contributed by atoms with E-state index in [-0.39, 0.29) is 5.78 Å². The molecule has 1 aliphatic heterocycles. The van der Waals surface area contributed by atoms with Gasteiger partial charge in [-0.3, -0.25) is 14.6 Å². The molecule has 2 aromatic rings. The second kappa shape index (κ2) is 8.51. The molecule has 1 aromatic carbocycles. The van der Waals surface area contributed by atoms with Crippen LogP contribution in [0.1, 0.15) is 39.8 Å². The molecule has 1 aliphatic rings. The van der Waals surface area contributed by atoms with Gasteiger partial charge in [0.2, 0.25) is 0 Å². The smallest absolute Gasteiger partial charge is 0.178 e. The van der Waals surface area contributed by atoms with E-state index in [9.17, 15) is 4.79 Å². The van der Waals surface area contributed by atoms with Crippen molar-refractivity contribution in [3.63, 3.8) is 0 Å². The lowest BCUT2D eigenvalue weighted by molar-refractivity contribution is 0.0843. The van der Waals surface area contributed by atoms with Gasteiger partial charge in [-0.05, 0) is 44.5 Å². The first-order chi connectivity index (χ1) is 13.0. The third kappa shape index (κ3) is 4.47. The first kappa shape index (κ1) is 19.3. The molecule has 0 atom stereocenters. The van der Waals surface area contributed by atoms with E-state index in [0.29, 0.717) is 12.1 Å². The van der Waals surface area contributed by atoms with Gasteiger partial charge in [-0.25, -0.2) is 0 Å². The zero-order chi connectivity index (χ0) is 19.4. The van der Waals surface area contributed by atoms with Crippen LogP contribution in [0.25, 0.3) is 0 Å². The Morgan fingerprint density at radius 3 is 2.26 bits per heavy atom. The topological polar surface area (TPSA) is 52.3 Å².